The van der Waals surface area contributed by atoms with Crippen LogP contribution in [0.2, 0.25) is 0 Å². The van der Waals surface area contributed by atoms with Gasteiger partial charge in [0.25, 0.3) is 6.08 Å². The van der Waals surface area contributed by atoms with Crippen LogP contribution in [0.25, 0.3) is 5.65 Å². The fraction of sp³-hybridized carbons (Fsp3) is 0.250. The Morgan fingerprint density at radius 2 is 1.92 bits per heavy atom. The third kappa shape index (κ3) is 5.63. The lowest BCUT2D eigenvalue weighted by molar-refractivity contribution is -0.192. The van der Waals surface area contributed by atoms with Gasteiger partial charge in [-0.05, 0) is 12.1 Å². The first kappa shape index (κ1) is 20.8. The van der Waals surface area contributed by atoms with Gasteiger partial charge in [-0.1, -0.05) is 15.9 Å². The molecule has 2 aromatic heterocycles. The summed E-state index contributed by atoms with van der Waals surface area (Å²) < 4.78 is 59.7. The first-order chi connectivity index (χ1) is 11.5. The third-order valence-electron chi connectivity index (χ3n) is 2.64. The van der Waals surface area contributed by atoms with Gasteiger partial charge in [0, 0.05) is 22.8 Å². The van der Waals surface area contributed by atoms with Crippen LogP contribution in [0.15, 0.2) is 39.3 Å². The third-order valence-corrected chi connectivity index (χ3v) is 3.14. The predicted molar refractivity (Wildman–Crippen MR) is 79.1 cm³/mol. The van der Waals surface area contributed by atoms with E-state index in [4.69, 9.17) is 15.6 Å². The summed E-state index contributed by atoms with van der Waals surface area (Å²) in [6, 6.07) is 3.28. The highest BCUT2D eigenvalue weighted by Crippen LogP contribution is 2.13. The maximum absolute atomic E-state index is 12.5. The Kier molecular flexibility index (Phi) is 6.81. The molecule has 138 valence electrons. The Morgan fingerprint density at radius 3 is 2.36 bits per heavy atom. The second-order valence-corrected chi connectivity index (χ2v) is 5.30. The van der Waals surface area contributed by atoms with E-state index in [2.05, 4.69) is 21.0 Å². The second-order valence-electron chi connectivity index (χ2n) is 4.38. The molecule has 0 radical (unpaired) electrons. The van der Waals surface area contributed by atoms with Gasteiger partial charge in [-0.3, -0.25) is 4.40 Å². The Balaban J connectivity index is 0.000000381. The van der Waals surface area contributed by atoms with Crippen molar-refractivity contribution in [3.63, 3.8) is 0 Å². The topological polar surface area (TPSA) is 103 Å². The zero-order chi connectivity index (χ0) is 19.4. The number of carboxylic acids is 1. The summed E-state index contributed by atoms with van der Waals surface area (Å²) in [4.78, 5) is 20.7. The summed E-state index contributed by atoms with van der Waals surface area (Å²) in [5, 5.41) is 11.1. The average molecular weight is 433 g/mol. The van der Waals surface area contributed by atoms with Crippen LogP contribution in [-0.2, 0) is 11.3 Å². The molecule has 2 rings (SSSR count). The zero-order valence-corrected chi connectivity index (χ0v) is 13.7. The number of aromatic nitrogens is 3. The highest BCUT2D eigenvalue weighted by molar-refractivity contribution is 9.10. The van der Waals surface area contributed by atoms with E-state index in [9.17, 15) is 26.7 Å². The number of carbonyl (C=O) groups is 1. The monoisotopic (exact) mass is 432 g/mol. The molecule has 7 nitrogen and oxygen atoms in total. The molecule has 0 aromatic carbocycles. The molecule has 2 heterocycles. The molecule has 0 saturated carbocycles. The van der Waals surface area contributed by atoms with Crippen LogP contribution in [0.4, 0.5) is 22.0 Å². The Labute approximate surface area is 144 Å². The molecular weight excluding hydrogens is 423 g/mol. The molecule has 0 aliphatic heterocycles. The lowest BCUT2D eigenvalue weighted by Crippen LogP contribution is -2.24. The summed E-state index contributed by atoms with van der Waals surface area (Å²) in [7, 11) is 0. The van der Waals surface area contributed by atoms with Crippen LogP contribution >= 0.6 is 15.9 Å². The molecule has 0 atom stereocenters. The first-order valence-corrected chi connectivity index (χ1v) is 7.04. The van der Waals surface area contributed by atoms with Gasteiger partial charge in [0.1, 0.15) is 0 Å². The smallest absolute Gasteiger partial charge is 0.475 e. The number of halogens is 6. The van der Waals surface area contributed by atoms with Gasteiger partial charge >= 0.3 is 17.8 Å². The standard InChI is InChI=1S/C10H9BrF2N4O.C2HF3O2/c11-7-1-2-16-8(3-7)15-17(10(16)18)5-6(4-14)9(12)13;3-2(4,5)1(6)7/h1-3H,4-5,14H2;(H,6,7). The van der Waals surface area contributed by atoms with Crippen LogP contribution in [-0.4, -0.2) is 38.0 Å². The summed E-state index contributed by atoms with van der Waals surface area (Å²) in [5.41, 5.74) is 4.79. The van der Waals surface area contributed by atoms with Gasteiger partial charge in [0.2, 0.25) is 0 Å². The van der Waals surface area contributed by atoms with Crippen molar-refractivity contribution in [1.29, 1.82) is 0 Å². The highest BCUT2D eigenvalue weighted by atomic mass is 79.9. The molecule has 0 fully saturated rings. The van der Waals surface area contributed by atoms with Crippen molar-refractivity contribution in [3.8, 4) is 0 Å². The lowest BCUT2D eigenvalue weighted by Gasteiger charge is -2.01. The lowest BCUT2D eigenvalue weighted by atomic mass is 10.3. The number of aliphatic carboxylic acids is 1. The molecule has 0 unspecified atom stereocenters. The summed E-state index contributed by atoms with van der Waals surface area (Å²) >= 11 is 3.24. The number of hydrogen-bond donors (Lipinski definition) is 2. The Hall–Kier alpha value is -2.28. The maximum atomic E-state index is 12.5. The largest absolute Gasteiger partial charge is 0.490 e. The van der Waals surface area contributed by atoms with Crippen LogP contribution in [0.3, 0.4) is 0 Å². The molecule has 0 amide bonds. The molecule has 2 aromatic rings. The number of hydrogen-bond acceptors (Lipinski definition) is 4. The molecule has 3 N–H and O–H groups in total. The zero-order valence-electron chi connectivity index (χ0n) is 12.1. The normalized spacial score (nSPS) is 11.0. The van der Waals surface area contributed by atoms with Crippen LogP contribution in [0.5, 0.6) is 0 Å². The van der Waals surface area contributed by atoms with Gasteiger partial charge < -0.3 is 10.8 Å². The van der Waals surface area contributed by atoms with Gasteiger partial charge in [-0.15, -0.1) is 5.10 Å². The van der Waals surface area contributed by atoms with E-state index in [0.717, 1.165) is 9.15 Å². The maximum Gasteiger partial charge on any atom is 0.490 e. The summed E-state index contributed by atoms with van der Waals surface area (Å²) in [5.74, 6) is -2.76. The number of fused-ring (bicyclic) bond motifs is 1. The number of carboxylic acid groups (broad SMARTS) is 1. The van der Waals surface area contributed by atoms with Crippen molar-refractivity contribution in [2.24, 2.45) is 5.73 Å². The number of rotatable bonds is 3. The Morgan fingerprint density at radius 1 is 1.36 bits per heavy atom. The van der Waals surface area contributed by atoms with Gasteiger partial charge in [0.05, 0.1) is 6.54 Å². The van der Waals surface area contributed by atoms with Crippen molar-refractivity contribution in [2.75, 3.05) is 6.54 Å². The van der Waals surface area contributed by atoms with E-state index in [1.54, 1.807) is 12.1 Å². The van der Waals surface area contributed by atoms with Gasteiger partial charge in [-0.2, -0.15) is 22.0 Å². The van der Waals surface area contributed by atoms with E-state index in [1.165, 1.54) is 10.6 Å². The van der Waals surface area contributed by atoms with E-state index in [0.29, 0.717) is 5.65 Å². The average Bonchev–Trinajstić information content (AvgIpc) is 2.79. The van der Waals surface area contributed by atoms with Crippen molar-refractivity contribution in [2.45, 2.75) is 12.7 Å². The molecule has 0 spiro atoms. The van der Waals surface area contributed by atoms with E-state index in [1.807, 2.05) is 0 Å². The second kappa shape index (κ2) is 8.20. The van der Waals surface area contributed by atoms with E-state index < -0.39 is 23.9 Å². The minimum Gasteiger partial charge on any atom is -0.475 e. The summed E-state index contributed by atoms with van der Waals surface area (Å²) in [6.45, 7) is -0.622. The van der Waals surface area contributed by atoms with Crippen molar-refractivity contribution >= 4 is 27.5 Å². The van der Waals surface area contributed by atoms with Crippen LogP contribution in [0.1, 0.15) is 0 Å². The fourth-order valence-corrected chi connectivity index (χ4v) is 1.80. The fourth-order valence-electron chi connectivity index (χ4n) is 1.48. The molecule has 0 aliphatic carbocycles. The quantitative estimate of drug-likeness (QED) is 0.722. The van der Waals surface area contributed by atoms with Crippen molar-refractivity contribution in [3.05, 3.63) is 44.9 Å². The van der Waals surface area contributed by atoms with Crippen LogP contribution in [0, 0.1) is 0 Å². The molecule has 13 heteroatoms. The van der Waals surface area contributed by atoms with E-state index in [-0.39, 0.29) is 18.7 Å². The first-order valence-electron chi connectivity index (χ1n) is 6.25. The van der Waals surface area contributed by atoms with Crippen molar-refractivity contribution in [1.82, 2.24) is 14.2 Å². The molecule has 25 heavy (non-hydrogen) atoms. The van der Waals surface area contributed by atoms with E-state index >= 15 is 0 Å². The Bertz CT molecular complexity index is 855. The number of pyridine rings is 1. The van der Waals surface area contributed by atoms with Gasteiger partial charge in [0.15, 0.2) is 5.65 Å². The predicted octanol–water partition coefficient (Wildman–Crippen LogP) is 2.00. The molecule has 0 saturated heterocycles. The molecular formula is C12H10BrF5N4O3. The minimum atomic E-state index is -5.08. The highest BCUT2D eigenvalue weighted by Gasteiger charge is 2.38. The minimum absolute atomic E-state index is 0.306. The number of nitrogens with two attached hydrogens (primary N) is 1. The number of nitrogens with zero attached hydrogens (tertiary/aromatic N) is 3. The van der Waals surface area contributed by atoms with Crippen LogP contribution < -0.4 is 11.4 Å². The van der Waals surface area contributed by atoms with Crippen molar-refractivity contribution < 1.29 is 31.9 Å². The molecule has 0 bridgehead atoms. The molecule has 0 aliphatic rings. The SMILES string of the molecule is NCC(Cn1nc2cc(Br)ccn2c1=O)=C(F)F.O=C(O)C(F)(F)F. The number of alkyl halides is 3. The van der Waals surface area contributed by atoms with Gasteiger partial charge in [-0.25, -0.2) is 14.3 Å². The summed E-state index contributed by atoms with van der Waals surface area (Å²) in [6.07, 6.45) is -5.44.